The summed E-state index contributed by atoms with van der Waals surface area (Å²) in [7, 11) is 0. The zero-order valence-electron chi connectivity index (χ0n) is 17.2. The van der Waals surface area contributed by atoms with Crippen molar-refractivity contribution in [2.75, 3.05) is 13.1 Å². The van der Waals surface area contributed by atoms with Gasteiger partial charge in [-0.1, -0.05) is 34.4 Å². The highest BCUT2D eigenvalue weighted by molar-refractivity contribution is 6.42. The predicted molar refractivity (Wildman–Crippen MR) is 120 cm³/mol. The number of hydrogen-bond acceptors (Lipinski definition) is 4. The highest BCUT2D eigenvalue weighted by atomic mass is 35.5. The van der Waals surface area contributed by atoms with E-state index in [0.717, 1.165) is 59.2 Å². The molecule has 0 aliphatic carbocycles. The molecule has 164 valence electrons. The second-order valence-corrected chi connectivity index (χ2v) is 8.80. The fraction of sp³-hybridized carbons (Fsp3) is 0.391. The fourth-order valence-electron chi connectivity index (χ4n) is 4.05. The first-order valence-corrected chi connectivity index (χ1v) is 11.1. The Morgan fingerprint density at radius 3 is 2.71 bits per heavy atom. The van der Waals surface area contributed by atoms with E-state index in [1.807, 2.05) is 25.1 Å². The largest absolute Gasteiger partial charge is 0.488 e. The van der Waals surface area contributed by atoms with Crippen LogP contribution in [0.25, 0.3) is 11.0 Å². The molecule has 1 fully saturated rings. The van der Waals surface area contributed by atoms with Crippen LogP contribution in [0.1, 0.15) is 36.1 Å². The molecule has 0 spiro atoms. The number of halogens is 2. The second kappa shape index (κ2) is 9.37. The summed E-state index contributed by atoms with van der Waals surface area (Å²) in [4.78, 5) is 12.5. The number of likely N-dealkylation sites (tertiary alicyclic amines) is 1. The minimum absolute atomic E-state index is 0.374. The molecule has 1 saturated heterocycles. The number of rotatable bonds is 6. The first-order valence-electron chi connectivity index (χ1n) is 10.3. The molecular formula is C23H24Cl2N2O4. The molecular weight excluding hydrogens is 439 g/mol. The molecule has 0 unspecified atom stereocenters. The van der Waals surface area contributed by atoms with Crippen LogP contribution in [0.3, 0.4) is 0 Å². The van der Waals surface area contributed by atoms with Crippen molar-refractivity contribution in [3.05, 3.63) is 57.2 Å². The van der Waals surface area contributed by atoms with E-state index in [1.54, 1.807) is 12.1 Å². The Morgan fingerprint density at radius 2 is 2.00 bits per heavy atom. The first kappa shape index (κ1) is 21.8. The number of aryl methyl sites for hydroxylation is 2. The molecule has 1 aliphatic rings. The van der Waals surface area contributed by atoms with Crippen LogP contribution < -0.4 is 4.74 Å². The van der Waals surface area contributed by atoms with Gasteiger partial charge in [-0.15, -0.1) is 0 Å². The van der Waals surface area contributed by atoms with Crippen LogP contribution >= 0.6 is 23.2 Å². The minimum atomic E-state index is -0.825. The van der Waals surface area contributed by atoms with Crippen molar-refractivity contribution in [3.8, 4) is 5.75 Å². The van der Waals surface area contributed by atoms with Crippen molar-refractivity contribution < 1.29 is 19.2 Å². The number of nitrogens with zero attached hydrogens (tertiary/aromatic N) is 2. The van der Waals surface area contributed by atoms with Gasteiger partial charge in [0.2, 0.25) is 0 Å². The molecule has 0 saturated carbocycles. The summed E-state index contributed by atoms with van der Waals surface area (Å²) in [5.41, 5.74) is 3.52. The first-order chi connectivity index (χ1) is 14.9. The number of carbonyl (C=O) groups is 1. The zero-order chi connectivity index (χ0) is 22.0. The van der Waals surface area contributed by atoms with Crippen LogP contribution in [0.4, 0.5) is 4.79 Å². The van der Waals surface area contributed by atoms with Crippen LogP contribution in [0.2, 0.25) is 10.0 Å². The van der Waals surface area contributed by atoms with E-state index in [0.29, 0.717) is 35.7 Å². The Hall–Kier alpha value is -2.44. The van der Waals surface area contributed by atoms with Gasteiger partial charge in [0.05, 0.1) is 15.7 Å². The summed E-state index contributed by atoms with van der Waals surface area (Å²) in [6, 6.07) is 9.38. The fourth-order valence-corrected chi connectivity index (χ4v) is 4.37. The summed E-state index contributed by atoms with van der Waals surface area (Å²) in [5, 5.41) is 15.4. The molecule has 1 aromatic heterocycles. The van der Waals surface area contributed by atoms with Gasteiger partial charge < -0.3 is 19.3 Å². The summed E-state index contributed by atoms with van der Waals surface area (Å²) >= 11 is 12.0. The Balaban J connectivity index is 1.39. The van der Waals surface area contributed by atoms with Gasteiger partial charge in [-0.3, -0.25) is 0 Å². The molecule has 6 nitrogen and oxygen atoms in total. The third-order valence-corrected chi connectivity index (χ3v) is 6.71. The lowest BCUT2D eigenvalue weighted by Crippen LogP contribution is -2.37. The standard InChI is InChI=1S/C23H24Cl2N2O4/c1-14-21(30-13-16-2-5-18(24)19(25)12-16)7-4-17-20(26-31-22(14)17)6-3-15-8-10-27(11-9-15)23(28)29/h2,4-5,7,12,15H,3,6,8-11,13H2,1H3,(H,28,29). The normalized spacial score (nSPS) is 14.9. The van der Waals surface area contributed by atoms with E-state index < -0.39 is 6.09 Å². The van der Waals surface area contributed by atoms with Crippen LogP contribution in [0.5, 0.6) is 5.75 Å². The minimum Gasteiger partial charge on any atom is -0.488 e. The smallest absolute Gasteiger partial charge is 0.407 e. The molecule has 4 rings (SSSR count). The monoisotopic (exact) mass is 462 g/mol. The van der Waals surface area contributed by atoms with Gasteiger partial charge in [-0.2, -0.15) is 0 Å². The lowest BCUT2D eigenvalue weighted by Gasteiger charge is -2.29. The van der Waals surface area contributed by atoms with Crippen molar-refractivity contribution >= 4 is 40.3 Å². The number of carboxylic acid groups (broad SMARTS) is 1. The number of ether oxygens (including phenoxy) is 1. The summed E-state index contributed by atoms with van der Waals surface area (Å²) in [5.74, 6) is 1.25. The Bertz CT molecular complexity index is 1090. The Kier molecular flexibility index (Phi) is 6.58. The maximum Gasteiger partial charge on any atom is 0.407 e. The number of benzene rings is 2. The van der Waals surface area contributed by atoms with Crippen molar-refractivity contribution in [1.29, 1.82) is 0 Å². The lowest BCUT2D eigenvalue weighted by molar-refractivity contribution is 0.123. The Labute approximate surface area is 190 Å². The van der Waals surface area contributed by atoms with E-state index in [1.165, 1.54) is 4.90 Å². The number of hydrogen-bond donors (Lipinski definition) is 1. The van der Waals surface area contributed by atoms with Gasteiger partial charge in [0, 0.05) is 24.0 Å². The van der Waals surface area contributed by atoms with Crippen molar-refractivity contribution in [2.24, 2.45) is 5.92 Å². The molecule has 0 radical (unpaired) electrons. The van der Waals surface area contributed by atoms with Crippen LogP contribution in [-0.2, 0) is 13.0 Å². The zero-order valence-corrected chi connectivity index (χ0v) is 18.7. The second-order valence-electron chi connectivity index (χ2n) is 7.98. The molecule has 2 aromatic carbocycles. The SMILES string of the molecule is Cc1c(OCc2ccc(Cl)c(Cl)c2)ccc2c(CCC3CCN(C(=O)O)CC3)noc12. The third-order valence-electron chi connectivity index (χ3n) is 5.97. The number of amides is 1. The highest BCUT2D eigenvalue weighted by Crippen LogP contribution is 2.32. The van der Waals surface area contributed by atoms with Crippen LogP contribution in [-0.4, -0.2) is 34.3 Å². The van der Waals surface area contributed by atoms with E-state index in [-0.39, 0.29) is 0 Å². The van der Waals surface area contributed by atoms with Crippen molar-refractivity contribution in [2.45, 2.75) is 39.2 Å². The van der Waals surface area contributed by atoms with E-state index in [2.05, 4.69) is 5.16 Å². The summed E-state index contributed by atoms with van der Waals surface area (Å²) in [6.45, 7) is 3.55. The van der Waals surface area contributed by atoms with E-state index >= 15 is 0 Å². The van der Waals surface area contributed by atoms with Gasteiger partial charge in [0.15, 0.2) is 5.58 Å². The maximum atomic E-state index is 11.0. The molecule has 8 heteroatoms. The van der Waals surface area contributed by atoms with Gasteiger partial charge in [0.1, 0.15) is 12.4 Å². The molecule has 2 heterocycles. The molecule has 1 amide bonds. The number of piperidine rings is 1. The quantitative estimate of drug-likeness (QED) is 0.461. The summed E-state index contributed by atoms with van der Waals surface area (Å²) < 4.78 is 11.6. The number of fused-ring (bicyclic) bond motifs is 1. The van der Waals surface area contributed by atoms with Crippen LogP contribution in [0, 0.1) is 12.8 Å². The topological polar surface area (TPSA) is 75.8 Å². The average molecular weight is 463 g/mol. The Morgan fingerprint density at radius 1 is 1.23 bits per heavy atom. The van der Waals surface area contributed by atoms with Crippen molar-refractivity contribution in [1.82, 2.24) is 10.1 Å². The predicted octanol–water partition coefficient (Wildman–Crippen LogP) is 6.34. The molecule has 0 atom stereocenters. The average Bonchev–Trinajstić information content (AvgIpc) is 3.18. The van der Waals surface area contributed by atoms with Crippen LogP contribution in [0.15, 0.2) is 34.9 Å². The highest BCUT2D eigenvalue weighted by Gasteiger charge is 2.23. The van der Waals surface area contributed by atoms with Gasteiger partial charge in [-0.25, -0.2) is 4.79 Å². The van der Waals surface area contributed by atoms with Gasteiger partial charge >= 0.3 is 6.09 Å². The van der Waals surface area contributed by atoms with E-state index in [4.69, 9.17) is 37.6 Å². The van der Waals surface area contributed by atoms with Crippen molar-refractivity contribution in [3.63, 3.8) is 0 Å². The number of aromatic nitrogens is 1. The van der Waals surface area contributed by atoms with Gasteiger partial charge in [-0.05, 0) is 68.4 Å². The van der Waals surface area contributed by atoms with E-state index in [9.17, 15) is 4.79 Å². The molecule has 1 N–H and O–H groups in total. The molecule has 1 aliphatic heterocycles. The molecule has 31 heavy (non-hydrogen) atoms. The van der Waals surface area contributed by atoms with Gasteiger partial charge in [0.25, 0.3) is 0 Å². The third kappa shape index (κ3) is 4.91. The summed E-state index contributed by atoms with van der Waals surface area (Å²) in [6.07, 6.45) is 2.76. The lowest BCUT2D eigenvalue weighted by atomic mass is 9.91. The maximum absolute atomic E-state index is 11.0. The molecule has 3 aromatic rings. The molecule has 0 bridgehead atoms.